The van der Waals surface area contributed by atoms with Crippen molar-refractivity contribution in [3.63, 3.8) is 0 Å². The van der Waals surface area contributed by atoms with Crippen LogP contribution in [0.15, 0.2) is 29.0 Å². The molecule has 1 aliphatic rings. The first-order chi connectivity index (χ1) is 12.7. The van der Waals surface area contributed by atoms with Gasteiger partial charge in [-0.2, -0.15) is 4.98 Å². The topological polar surface area (TPSA) is 72.1 Å². The number of pyridine rings is 1. The molecule has 2 aromatic rings. The van der Waals surface area contributed by atoms with Crippen molar-refractivity contribution in [3.05, 3.63) is 30.4 Å². The molecule has 0 radical (unpaired) electrons. The molecule has 0 N–H and O–H groups in total. The summed E-state index contributed by atoms with van der Waals surface area (Å²) in [6.45, 7) is 5.84. The van der Waals surface area contributed by atoms with E-state index in [4.69, 9.17) is 4.52 Å². The number of likely N-dealkylation sites (tertiary alicyclic amines) is 1. The molecule has 2 aromatic heterocycles. The maximum absolute atomic E-state index is 12.7. The quantitative estimate of drug-likeness (QED) is 0.748. The van der Waals surface area contributed by atoms with Crippen LogP contribution < -0.4 is 0 Å². The van der Waals surface area contributed by atoms with E-state index in [1.165, 1.54) is 0 Å². The second kappa shape index (κ2) is 8.92. The van der Waals surface area contributed by atoms with Crippen LogP contribution in [0, 0.1) is 5.92 Å². The molecule has 140 valence electrons. The average Bonchev–Trinajstić information content (AvgIpc) is 3.19. The lowest BCUT2D eigenvalue weighted by Crippen LogP contribution is -2.41. The van der Waals surface area contributed by atoms with Crippen molar-refractivity contribution in [1.29, 1.82) is 0 Å². The fourth-order valence-corrected chi connectivity index (χ4v) is 3.57. The molecule has 1 saturated heterocycles. The van der Waals surface area contributed by atoms with Crippen molar-refractivity contribution in [2.24, 2.45) is 5.92 Å². The highest BCUT2D eigenvalue weighted by molar-refractivity contribution is 5.78. The SMILES string of the molecule is CCCCC(CC)C(=O)N1CCC(c2nc(-c3cccnc3)no2)CC1. The predicted molar refractivity (Wildman–Crippen MR) is 99.4 cm³/mol. The summed E-state index contributed by atoms with van der Waals surface area (Å²) in [6.07, 6.45) is 9.41. The maximum atomic E-state index is 12.7. The van der Waals surface area contributed by atoms with Crippen molar-refractivity contribution < 1.29 is 9.32 Å². The van der Waals surface area contributed by atoms with Gasteiger partial charge in [0.2, 0.25) is 17.6 Å². The minimum absolute atomic E-state index is 0.173. The summed E-state index contributed by atoms with van der Waals surface area (Å²) in [6, 6.07) is 3.78. The van der Waals surface area contributed by atoms with Gasteiger partial charge in [-0.15, -0.1) is 0 Å². The third-order valence-electron chi connectivity index (χ3n) is 5.27. The zero-order chi connectivity index (χ0) is 18.4. The molecule has 0 aromatic carbocycles. The van der Waals surface area contributed by atoms with Crippen LogP contribution in [0.5, 0.6) is 0 Å². The fraction of sp³-hybridized carbons (Fsp3) is 0.600. The molecular formula is C20H28N4O2. The minimum Gasteiger partial charge on any atom is -0.342 e. The van der Waals surface area contributed by atoms with E-state index in [0.717, 1.165) is 57.2 Å². The average molecular weight is 356 g/mol. The number of rotatable bonds is 7. The monoisotopic (exact) mass is 356 g/mol. The van der Waals surface area contributed by atoms with E-state index in [-0.39, 0.29) is 11.8 Å². The first-order valence-electron chi connectivity index (χ1n) is 9.75. The Balaban J connectivity index is 1.57. The van der Waals surface area contributed by atoms with Crippen LogP contribution in [0.25, 0.3) is 11.4 Å². The van der Waals surface area contributed by atoms with E-state index < -0.39 is 0 Å². The number of aromatic nitrogens is 3. The van der Waals surface area contributed by atoms with E-state index >= 15 is 0 Å². The Hall–Kier alpha value is -2.24. The smallest absolute Gasteiger partial charge is 0.230 e. The summed E-state index contributed by atoms with van der Waals surface area (Å²) in [5, 5.41) is 4.08. The van der Waals surface area contributed by atoms with Crippen LogP contribution in [-0.2, 0) is 4.79 Å². The third kappa shape index (κ3) is 4.29. The van der Waals surface area contributed by atoms with E-state index in [9.17, 15) is 4.79 Å². The second-order valence-corrected chi connectivity index (χ2v) is 7.04. The van der Waals surface area contributed by atoms with Gasteiger partial charge in [-0.1, -0.05) is 31.8 Å². The summed E-state index contributed by atoms with van der Waals surface area (Å²) >= 11 is 0. The van der Waals surface area contributed by atoms with Crippen molar-refractivity contribution in [3.8, 4) is 11.4 Å². The van der Waals surface area contributed by atoms with Crippen molar-refractivity contribution in [2.45, 2.75) is 58.3 Å². The number of hydrogen-bond acceptors (Lipinski definition) is 5. The molecular weight excluding hydrogens is 328 g/mol. The summed E-state index contributed by atoms with van der Waals surface area (Å²) in [7, 11) is 0. The maximum Gasteiger partial charge on any atom is 0.230 e. The summed E-state index contributed by atoms with van der Waals surface area (Å²) in [5.41, 5.74) is 0.858. The number of carbonyl (C=O) groups excluding carboxylic acids is 1. The lowest BCUT2D eigenvalue weighted by atomic mass is 9.93. The van der Waals surface area contributed by atoms with E-state index in [1.54, 1.807) is 12.4 Å². The van der Waals surface area contributed by atoms with Crippen molar-refractivity contribution >= 4 is 5.91 Å². The van der Waals surface area contributed by atoms with Gasteiger partial charge in [-0.25, -0.2) is 0 Å². The lowest BCUT2D eigenvalue weighted by molar-refractivity contribution is -0.137. The number of unbranched alkanes of at least 4 members (excludes halogenated alkanes) is 1. The molecule has 0 bridgehead atoms. The van der Waals surface area contributed by atoms with Crippen LogP contribution in [0.3, 0.4) is 0 Å². The first kappa shape index (κ1) is 18.5. The van der Waals surface area contributed by atoms with Gasteiger partial charge in [0.15, 0.2) is 0 Å². The minimum atomic E-state index is 0.173. The van der Waals surface area contributed by atoms with E-state index in [2.05, 4.69) is 29.0 Å². The number of hydrogen-bond donors (Lipinski definition) is 0. The molecule has 6 nitrogen and oxygen atoms in total. The standard InChI is InChI=1S/C20H28N4O2/c1-3-5-7-15(4-2)20(25)24-12-9-16(10-13-24)19-22-18(23-26-19)17-8-6-11-21-14-17/h6,8,11,14-16H,3-5,7,9-10,12-13H2,1-2H3. The summed E-state index contributed by atoms with van der Waals surface area (Å²) < 4.78 is 5.48. The Kier molecular flexibility index (Phi) is 6.36. The second-order valence-electron chi connectivity index (χ2n) is 7.04. The van der Waals surface area contributed by atoms with Crippen LogP contribution in [0.2, 0.25) is 0 Å². The van der Waals surface area contributed by atoms with Crippen LogP contribution in [-0.4, -0.2) is 39.0 Å². The molecule has 0 aliphatic carbocycles. The highest BCUT2D eigenvalue weighted by Crippen LogP contribution is 2.29. The van der Waals surface area contributed by atoms with Gasteiger partial charge in [0.1, 0.15) is 0 Å². The summed E-state index contributed by atoms with van der Waals surface area (Å²) in [4.78, 5) is 23.4. The molecule has 0 saturated carbocycles. The lowest BCUT2D eigenvalue weighted by Gasteiger charge is -2.33. The highest BCUT2D eigenvalue weighted by atomic mass is 16.5. The Morgan fingerprint density at radius 1 is 1.35 bits per heavy atom. The normalized spacial score (nSPS) is 16.6. The molecule has 1 aliphatic heterocycles. The van der Waals surface area contributed by atoms with Gasteiger partial charge in [-0.05, 0) is 37.8 Å². The van der Waals surface area contributed by atoms with Gasteiger partial charge in [0.25, 0.3) is 0 Å². The number of amides is 1. The predicted octanol–water partition coefficient (Wildman–Crippen LogP) is 4.05. The third-order valence-corrected chi connectivity index (χ3v) is 5.27. The summed E-state index contributed by atoms with van der Waals surface area (Å²) in [5.74, 6) is 1.98. The Morgan fingerprint density at radius 2 is 2.15 bits per heavy atom. The largest absolute Gasteiger partial charge is 0.342 e. The van der Waals surface area contributed by atoms with Crippen molar-refractivity contribution in [2.75, 3.05) is 13.1 Å². The molecule has 1 atom stereocenters. The Labute approximate surface area is 155 Å². The van der Waals surface area contributed by atoms with E-state index in [1.807, 2.05) is 17.0 Å². The molecule has 3 rings (SSSR count). The fourth-order valence-electron chi connectivity index (χ4n) is 3.57. The van der Waals surface area contributed by atoms with Gasteiger partial charge in [-0.3, -0.25) is 9.78 Å². The number of carbonyl (C=O) groups is 1. The van der Waals surface area contributed by atoms with Gasteiger partial charge in [0.05, 0.1) is 0 Å². The molecule has 1 amide bonds. The van der Waals surface area contributed by atoms with Gasteiger partial charge >= 0.3 is 0 Å². The van der Waals surface area contributed by atoms with Crippen LogP contribution in [0.4, 0.5) is 0 Å². The van der Waals surface area contributed by atoms with Crippen LogP contribution >= 0.6 is 0 Å². The molecule has 1 unspecified atom stereocenters. The highest BCUT2D eigenvalue weighted by Gasteiger charge is 2.30. The molecule has 1 fully saturated rings. The molecule has 6 heteroatoms. The van der Waals surface area contributed by atoms with Gasteiger partial charge < -0.3 is 9.42 Å². The molecule has 3 heterocycles. The number of nitrogens with zero attached hydrogens (tertiary/aromatic N) is 4. The molecule has 0 spiro atoms. The first-order valence-corrected chi connectivity index (χ1v) is 9.75. The van der Waals surface area contributed by atoms with Crippen LogP contribution in [0.1, 0.15) is 64.2 Å². The zero-order valence-electron chi connectivity index (χ0n) is 15.7. The van der Waals surface area contributed by atoms with Crippen molar-refractivity contribution in [1.82, 2.24) is 20.0 Å². The van der Waals surface area contributed by atoms with Gasteiger partial charge in [0, 0.05) is 42.9 Å². The zero-order valence-corrected chi connectivity index (χ0v) is 15.7. The number of piperidine rings is 1. The molecule has 26 heavy (non-hydrogen) atoms. The Bertz CT molecular complexity index is 693. The van der Waals surface area contributed by atoms with E-state index in [0.29, 0.717) is 17.6 Å². The Morgan fingerprint density at radius 3 is 2.81 bits per heavy atom.